The average molecular weight is 336 g/mol. The predicted octanol–water partition coefficient (Wildman–Crippen LogP) is 1.29. The molecule has 0 radical (unpaired) electrons. The Labute approximate surface area is 143 Å². The molecule has 0 spiro atoms. The van der Waals surface area contributed by atoms with Crippen molar-refractivity contribution < 1.29 is 19.4 Å². The van der Waals surface area contributed by atoms with Crippen molar-refractivity contribution in [2.75, 3.05) is 26.3 Å². The Morgan fingerprint density at radius 1 is 1.25 bits per heavy atom. The van der Waals surface area contributed by atoms with E-state index in [-0.39, 0.29) is 0 Å². The van der Waals surface area contributed by atoms with Crippen LogP contribution >= 0.6 is 0 Å². The van der Waals surface area contributed by atoms with Gasteiger partial charge in [0.2, 0.25) is 0 Å². The smallest absolute Gasteiger partial charge is 0.315 e. The van der Waals surface area contributed by atoms with Crippen LogP contribution in [0.2, 0.25) is 0 Å². The molecule has 1 aromatic rings. The first-order valence-electron chi connectivity index (χ1n) is 8.33. The Hall–Kier alpha value is -1.47. The van der Waals surface area contributed by atoms with Gasteiger partial charge in [-0.05, 0) is 26.3 Å². The molecule has 1 heterocycles. The third kappa shape index (κ3) is 5.01. The molecule has 24 heavy (non-hydrogen) atoms. The highest BCUT2D eigenvalue weighted by molar-refractivity contribution is 5.74. The van der Waals surface area contributed by atoms with E-state index in [0.29, 0.717) is 31.9 Å². The molecule has 2 rings (SSSR count). The molecule has 1 aromatic carbocycles. The molecule has 1 saturated heterocycles. The van der Waals surface area contributed by atoms with Gasteiger partial charge >= 0.3 is 5.97 Å². The molecular weight excluding hydrogens is 308 g/mol. The molecular formula is C18H28N2O4. The first kappa shape index (κ1) is 18.9. The number of aliphatic hydroxyl groups excluding tert-OH is 1. The second-order valence-electron chi connectivity index (χ2n) is 7.05. The number of hydrogen-bond donors (Lipinski definition) is 2. The number of rotatable bonds is 5. The third-order valence-corrected chi connectivity index (χ3v) is 4.00. The lowest BCUT2D eigenvalue weighted by molar-refractivity contribution is -0.169. The summed E-state index contributed by atoms with van der Waals surface area (Å²) in [6.45, 7) is 7.79. The molecule has 1 fully saturated rings. The van der Waals surface area contributed by atoms with Gasteiger partial charge in [-0.2, -0.15) is 0 Å². The van der Waals surface area contributed by atoms with Gasteiger partial charge in [0.1, 0.15) is 11.5 Å². The number of carbonyl (C=O) groups is 1. The number of hydrogen-bond acceptors (Lipinski definition) is 6. The van der Waals surface area contributed by atoms with Crippen molar-refractivity contribution in [1.82, 2.24) is 4.90 Å². The Bertz CT molecular complexity index is 524. The molecule has 6 heteroatoms. The zero-order valence-corrected chi connectivity index (χ0v) is 14.6. The second kappa shape index (κ2) is 8.07. The van der Waals surface area contributed by atoms with Crippen molar-refractivity contribution >= 4 is 5.97 Å². The minimum atomic E-state index is -1.03. The summed E-state index contributed by atoms with van der Waals surface area (Å²) in [5.41, 5.74) is 6.37. The van der Waals surface area contributed by atoms with E-state index in [0.717, 1.165) is 0 Å². The van der Waals surface area contributed by atoms with Crippen LogP contribution in [0.25, 0.3) is 0 Å². The summed E-state index contributed by atoms with van der Waals surface area (Å²) in [4.78, 5) is 14.7. The number of nitrogens with two attached hydrogens (primary N) is 1. The standard InChI is InChI=1S/C18H28N2O4/c1-18(2,3)24-17(22)14(15(21)13-7-5-4-6-8-13)16(19)20-9-11-23-12-10-20/h4-8,14-16,21H,9-12,19H2,1-3H3. The highest BCUT2D eigenvalue weighted by Gasteiger charge is 2.39. The van der Waals surface area contributed by atoms with Crippen molar-refractivity contribution in [3.8, 4) is 0 Å². The Morgan fingerprint density at radius 3 is 2.38 bits per heavy atom. The largest absolute Gasteiger partial charge is 0.460 e. The third-order valence-electron chi connectivity index (χ3n) is 4.00. The topological polar surface area (TPSA) is 85.0 Å². The van der Waals surface area contributed by atoms with Gasteiger partial charge in [0.05, 0.1) is 25.5 Å². The second-order valence-corrected chi connectivity index (χ2v) is 7.05. The fourth-order valence-electron chi connectivity index (χ4n) is 2.79. The summed E-state index contributed by atoms with van der Waals surface area (Å²) in [6, 6.07) is 9.08. The molecule has 134 valence electrons. The van der Waals surface area contributed by atoms with E-state index in [9.17, 15) is 9.90 Å². The van der Waals surface area contributed by atoms with Crippen molar-refractivity contribution in [3.63, 3.8) is 0 Å². The molecule has 0 bridgehead atoms. The van der Waals surface area contributed by atoms with Crippen LogP contribution in [0.1, 0.15) is 32.4 Å². The average Bonchev–Trinajstić information content (AvgIpc) is 2.55. The number of benzene rings is 1. The molecule has 0 saturated carbocycles. The zero-order chi connectivity index (χ0) is 17.7. The Balaban J connectivity index is 2.24. The van der Waals surface area contributed by atoms with Crippen LogP contribution in [-0.4, -0.2) is 54.0 Å². The van der Waals surface area contributed by atoms with E-state index in [1.54, 1.807) is 32.9 Å². The van der Waals surface area contributed by atoms with Crippen molar-refractivity contribution in [3.05, 3.63) is 35.9 Å². The highest BCUT2D eigenvalue weighted by Crippen LogP contribution is 2.28. The number of esters is 1. The number of carbonyl (C=O) groups excluding carboxylic acids is 1. The maximum atomic E-state index is 12.7. The minimum Gasteiger partial charge on any atom is -0.460 e. The molecule has 3 N–H and O–H groups in total. The lowest BCUT2D eigenvalue weighted by Gasteiger charge is -2.38. The van der Waals surface area contributed by atoms with Gasteiger partial charge in [-0.15, -0.1) is 0 Å². The quantitative estimate of drug-likeness (QED) is 0.788. The van der Waals surface area contributed by atoms with Crippen molar-refractivity contribution in [1.29, 1.82) is 0 Å². The number of aliphatic hydroxyl groups is 1. The Morgan fingerprint density at radius 2 is 1.83 bits per heavy atom. The van der Waals surface area contributed by atoms with Gasteiger partial charge in [-0.1, -0.05) is 30.3 Å². The Kier molecular flexibility index (Phi) is 6.34. The maximum absolute atomic E-state index is 12.7. The fourth-order valence-corrected chi connectivity index (χ4v) is 2.79. The number of nitrogens with zero attached hydrogens (tertiary/aromatic N) is 1. The van der Waals surface area contributed by atoms with Crippen LogP contribution in [0.3, 0.4) is 0 Å². The maximum Gasteiger partial charge on any atom is 0.315 e. The summed E-state index contributed by atoms with van der Waals surface area (Å²) in [5.74, 6) is -1.36. The van der Waals surface area contributed by atoms with Gasteiger partial charge in [0, 0.05) is 13.1 Å². The van der Waals surface area contributed by atoms with E-state index in [2.05, 4.69) is 0 Å². The monoisotopic (exact) mass is 336 g/mol. The minimum absolute atomic E-state index is 0.488. The van der Waals surface area contributed by atoms with Crippen LogP contribution < -0.4 is 5.73 Å². The van der Waals surface area contributed by atoms with E-state index in [1.165, 1.54) is 0 Å². The van der Waals surface area contributed by atoms with E-state index >= 15 is 0 Å². The van der Waals surface area contributed by atoms with Crippen molar-refractivity contribution in [2.24, 2.45) is 11.7 Å². The normalized spacial score (nSPS) is 20.2. The molecule has 1 aliphatic rings. The highest BCUT2D eigenvalue weighted by atomic mass is 16.6. The van der Waals surface area contributed by atoms with Gasteiger partial charge in [0.15, 0.2) is 0 Å². The molecule has 1 aliphatic heterocycles. The first-order valence-corrected chi connectivity index (χ1v) is 8.33. The first-order chi connectivity index (χ1) is 11.3. The summed E-state index contributed by atoms with van der Waals surface area (Å²) in [6.07, 6.45) is -1.67. The zero-order valence-electron chi connectivity index (χ0n) is 14.6. The van der Waals surface area contributed by atoms with Crippen molar-refractivity contribution in [2.45, 2.75) is 38.6 Å². The van der Waals surface area contributed by atoms with E-state index < -0.39 is 29.8 Å². The van der Waals surface area contributed by atoms with Crippen LogP contribution in [0.15, 0.2) is 30.3 Å². The van der Waals surface area contributed by atoms with Gasteiger partial charge < -0.3 is 20.3 Å². The molecule has 3 atom stereocenters. The van der Waals surface area contributed by atoms with E-state index in [4.69, 9.17) is 15.2 Å². The van der Waals surface area contributed by atoms with Gasteiger partial charge in [-0.3, -0.25) is 9.69 Å². The van der Waals surface area contributed by atoms with Gasteiger partial charge in [0.25, 0.3) is 0 Å². The van der Waals surface area contributed by atoms with Crippen LogP contribution in [0.4, 0.5) is 0 Å². The van der Waals surface area contributed by atoms with Crippen LogP contribution in [0, 0.1) is 5.92 Å². The number of morpholine rings is 1. The number of ether oxygens (including phenoxy) is 2. The SMILES string of the molecule is CC(C)(C)OC(=O)C(C(O)c1ccccc1)C(N)N1CCOCC1. The molecule has 0 amide bonds. The lowest BCUT2D eigenvalue weighted by Crippen LogP contribution is -2.55. The predicted molar refractivity (Wildman–Crippen MR) is 91.1 cm³/mol. The summed E-state index contributed by atoms with van der Waals surface area (Å²) in [7, 11) is 0. The molecule has 0 aliphatic carbocycles. The summed E-state index contributed by atoms with van der Waals surface area (Å²) >= 11 is 0. The molecule has 3 unspecified atom stereocenters. The molecule has 6 nitrogen and oxygen atoms in total. The lowest BCUT2D eigenvalue weighted by atomic mass is 9.92. The summed E-state index contributed by atoms with van der Waals surface area (Å²) < 4.78 is 10.9. The van der Waals surface area contributed by atoms with Crippen LogP contribution in [0.5, 0.6) is 0 Å². The van der Waals surface area contributed by atoms with Crippen LogP contribution in [-0.2, 0) is 14.3 Å². The molecule has 0 aromatic heterocycles. The fraction of sp³-hybridized carbons (Fsp3) is 0.611. The summed E-state index contributed by atoms with van der Waals surface area (Å²) in [5, 5.41) is 10.8. The van der Waals surface area contributed by atoms with Gasteiger partial charge in [-0.25, -0.2) is 0 Å². The van der Waals surface area contributed by atoms with E-state index in [1.807, 2.05) is 23.1 Å².